The summed E-state index contributed by atoms with van der Waals surface area (Å²) in [6.45, 7) is 8.91. The standard InChI is InChI=1S/C29H26BrNO3/c1-17-5-7-18(8-6-17)16-31-25(19-9-11-20(12-10-19)29(2,3)4)24-26(32)22-15-21(30)13-14-23(22)34-27(24)28(31)33/h5-15,25H,16H2,1-4H3. The molecule has 5 rings (SSSR count). The monoisotopic (exact) mass is 515 g/mol. The van der Waals surface area contributed by atoms with Gasteiger partial charge in [0, 0.05) is 11.0 Å². The highest BCUT2D eigenvalue weighted by atomic mass is 79.9. The van der Waals surface area contributed by atoms with Crippen LogP contribution in [0.3, 0.4) is 0 Å². The van der Waals surface area contributed by atoms with Gasteiger partial charge in [-0.05, 0) is 47.2 Å². The average Bonchev–Trinajstić information content (AvgIpc) is 3.07. The highest BCUT2D eigenvalue weighted by Gasteiger charge is 2.42. The van der Waals surface area contributed by atoms with Gasteiger partial charge in [-0.15, -0.1) is 0 Å². The Bertz CT molecular complexity index is 1460. The molecule has 0 saturated heterocycles. The number of nitrogens with zero attached hydrogens (tertiary/aromatic N) is 1. The molecule has 1 aliphatic rings. The van der Waals surface area contributed by atoms with Gasteiger partial charge in [0.1, 0.15) is 5.58 Å². The van der Waals surface area contributed by atoms with Gasteiger partial charge in [0.15, 0.2) is 5.43 Å². The normalized spacial score (nSPS) is 15.7. The molecular formula is C29H26BrNO3. The van der Waals surface area contributed by atoms with Gasteiger partial charge in [0.2, 0.25) is 5.76 Å². The van der Waals surface area contributed by atoms with Crippen LogP contribution in [-0.2, 0) is 12.0 Å². The zero-order chi connectivity index (χ0) is 24.2. The van der Waals surface area contributed by atoms with E-state index in [0.29, 0.717) is 23.1 Å². The minimum absolute atomic E-state index is 0.00499. The van der Waals surface area contributed by atoms with Crippen LogP contribution in [0.25, 0.3) is 11.0 Å². The van der Waals surface area contributed by atoms with Gasteiger partial charge in [0.25, 0.3) is 5.91 Å². The zero-order valence-electron chi connectivity index (χ0n) is 19.7. The molecule has 172 valence electrons. The third kappa shape index (κ3) is 3.88. The van der Waals surface area contributed by atoms with Crippen LogP contribution < -0.4 is 5.43 Å². The van der Waals surface area contributed by atoms with Crippen molar-refractivity contribution in [3.05, 3.63) is 115 Å². The molecule has 34 heavy (non-hydrogen) atoms. The molecule has 4 aromatic rings. The number of aryl methyl sites for hydroxylation is 1. The van der Waals surface area contributed by atoms with Crippen LogP contribution in [0.5, 0.6) is 0 Å². The van der Waals surface area contributed by atoms with Gasteiger partial charge in [-0.3, -0.25) is 9.59 Å². The van der Waals surface area contributed by atoms with E-state index in [4.69, 9.17) is 4.42 Å². The fraction of sp³-hybridized carbons (Fsp3) is 0.241. The Morgan fingerprint density at radius 2 is 1.62 bits per heavy atom. The Morgan fingerprint density at radius 1 is 0.941 bits per heavy atom. The molecule has 0 aliphatic carbocycles. The fourth-order valence-corrected chi connectivity index (χ4v) is 4.92. The summed E-state index contributed by atoms with van der Waals surface area (Å²) in [5.41, 5.74) is 4.91. The van der Waals surface area contributed by atoms with Gasteiger partial charge in [-0.1, -0.05) is 90.8 Å². The second-order valence-electron chi connectivity index (χ2n) is 10.0. The van der Waals surface area contributed by atoms with E-state index in [1.807, 2.05) is 49.4 Å². The minimum atomic E-state index is -0.516. The van der Waals surface area contributed by atoms with E-state index in [1.54, 1.807) is 17.0 Å². The lowest BCUT2D eigenvalue weighted by Gasteiger charge is -2.26. The lowest BCUT2D eigenvalue weighted by atomic mass is 9.86. The van der Waals surface area contributed by atoms with Crippen molar-refractivity contribution in [3.8, 4) is 0 Å². The molecule has 1 amide bonds. The maximum atomic E-state index is 13.7. The lowest BCUT2D eigenvalue weighted by molar-refractivity contribution is 0.0714. The first-order chi connectivity index (χ1) is 16.1. The van der Waals surface area contributed by atoms with Crippen molar-refractivity contribution in [1.29, 1.82) is 0 Å². The predicted molar refractivity (Wildman–Crippen MR) is 138 cm³/mol. The number of carbonyl (C=O) groups excluding carboxylic acids is 1. The number of rotatable bonds is 3. The number of carbonyl (C=O) groups is 1. The molecule has 1 unspecified atom stereocenters. The molecule has 0 fully saturated rings. The quantitative estimate of drug-likeness (QED) is 0.298. The first-order valence-electron chi connectivity index (χ1n) is 11.4. The molecule has 0 radical (unpaired) electrons. The fourth-order valence-electron chi connectivity index (χ4n) is 4.56. The van der Waals surface area contributed by atoms with Crippen LogP contribution >= 0.6 is 15.9 Å². The zero-order valence-corrected chi connectivity index (χ0v) is 21.3. The Kier molecular flexibility index (Phi) is 5.48. The lowest BCUT2D eigenvalue weighted by Crippen LogP contribution is -2.29. The first-order valence-corrected chi connectivity index (χ1v) is 12.2. The van der Waals surface area contributed by atoms with Crippen LogP contribution in [0.4, 0.5) is 0 Å². The van der Waals surface area contributed by atoms with E-state index in [0.717, 1.165) is 21.2 Å². The summed E-state index contributed by atoms with van der Waals surface area (Å²) in [7, 11) is 0. The van der Waals surface area contributed by atoms with Crippen molar-refractivity contribution >= 4 is 32.8 Å². The smallest absolute Gasteiger partial charge is 0.291 e. The highest BCUT2D eigenvalue weighted by molar-refractivity contribution is 9.10. The molecule has 0 saturated carbocycles. The van der Waals surface area contributed by atoms with E-state index < -0.39 is 6.04 Å². The maximum absolute atomic E-state index is 13.7. The van der Waals surface area contributed by atoms with E-state index in [-0.39, 0.29) is 22.5 Å². The molecule has 1 atom stereocenters. The number of fused-ring (bicyclic) bond motifs is 2. The van der Waals surface area contributed by atoms with Crippen molar-refractivity contribution in [2.75, 3.05) is 0 Å². The SMILES string of the molecule is Cc1ccc(CN2C(=O)c3oc4ccc(Br)cc4c(=O)c3C2c2ccc(C(C)(C)C)cc2)cc1. The van der Waals surface area contributed by atoms with Crippen LogP contribution in [0.2, 0.25) is 0 Å². The van der Waals surface area contributed by atoms with Gasteiger partial charge in [-0.2, -0.15) is 0 Å². The first kappa shape index (κ1) is 22.6. The molecular weight excluding hydrogens is 490 g/mol. The molecule has 0 N–H and O–H groups in total. The third-order valence-electron chi connectivity index (χ3n) is 6.49. The molecule has 1 aromatic heterocycles. The van der Waals surface area contributed by atoms with Gasteiger partial charge >= 0.3 is 0 Å². The van der Waals surface area contributed by atoms with Gasteiger partial charge in [0.05, 0.1) is 17.0 Å². The van der Waals surface area contributed by atoms with E-state index >= 15 is 0 Å². The Hall–Kier alpha value is -3.18. The van der Waals surface area contributed by atoms with Crippen molar-refractivity contribution < 1.29 is 9.21 Å². The summed E-state index contributed by atoms with van der Waals surface area (Å²) in [6, 6.07) is 21.1. The average molecular weight is 516 g/mol. The number of hydrogen-bond donors (Lipinski definition) is 0. The second kappa shape index (κ2) is 8.24. The molecule has 0 spiro atoms. The van der Waals surface area contributed by atoms with Crippen molar-refractivity contribution in [2.24, 2.45) is 0 Å². The maximum Gasteiger partial charge on any atom is 0.291 e. The van der Waals surface area contributed by atoms with Crippen LogP contribution in [0.1, 0.15) is 65.2 Å². The Balaban J connectivity index is 1.69. The van der Waals surface area contributed by atoms with Crippen molar-refractivity contribution in [1.82, 2.24) is 4.90 Å². The summed E-state index contributed by atoms with van der Waals surface area (Å²) in [4.78, 5) is 29.1. The molecule has 4 nitrogen and oxygen atoms in total. The number of amides is 1. The summed E-state index contributed by atoms with van der Waals surface area (Å²) in [5.74, 6) is -0.126. The minimum Gasteiger partial charge on any atom is -0.450 e. The number of benzene rings is 3. The van der Waals surface area contributed by atoms with Crippen molar-refractivity contribution in [2.45, 2.75) is 45.7 Å². The van der Waals surface area contributed by atoms with E-state index in [9.17, 15) is 9.59 Å². The third-order valence-corrected chi connectivity index (χ3v) is 6.99. The van der Waals surface area contributed by atoms with Crippen LogP contribution in [0.15, 0.2) is 80.4 Å². The van der Waals surface area contributed by atoms with E-state index in [2.05, 4.69) is 48.8 Å². The summed E-state index contributed by atoms with van der Waals surface area (Å²) in [6.07, 6.45) is 0. The predicted octanol–water partition coefficient (Wildman–Crippen LogP) is 6.91. The largest absolute Gasteiger partial charge is 0.450 e. The van der Waals surface area contributed by atoms with Gasteiger partial charge < -0.3 is 9.32 Å². The van der Waals surface area contributed by atoms with E-state index in [1.165, 1.54) is 5.56 Å². The topological polar surface area (TPSA) is 50.5 Å². The molecule has 2 heterocycles. The number of halogens is 1. The Labute approximate surface area is 207 Å². The highest BCUT2D eigenvalue weighted by Crippen LogP contribution is 2.40. The molecule has 3 aromatic carbocycles. The summed E-state index contributed by atoms with van der Waals surface area (Å²) >= 11 is 3.45. The number of hydrogen-bond acceptors (Lipinski definition) is 3. The molecule has 1 aliphatic heterocycles. The van der Waals surface area contributed by atoms with Crippen molar-refractivity contribution in [3.63, 3.8) is 0 Å². The van der Waals surface area contributed by atoms with Crippen LogP contribution in [-0.4, -0.2) is 10.8 Å². The van der Waals surface area contributed by atoms with Crippen LogP contribution in [0, 0.1) is 6.92 Å². The summed E-state index contributed by atoms with van der Waals surface area (Å²) < 4.78 is 6.85. The Morgan fingerprint density at radius 3 is 2.26 bits per heavy atom. The molecule has 5 heteroatoms. The summed E-state index contributed by atoms with van der Waals surface area (Å²) in [5, 5.41) is 0.467. The molecule has 0 bridgehead atoms. The van der Waals surface area contributed by atoms with Gasteiger partial charge in [-0.25, -0.2) is 0 Å². The second-order valence-corrected chi connectivity index (χ2v) is 10.9.